The van der Waals surface area contributed by atoms with Crippen molar-refractivity contribution in [2.45, 2.75) is 30.5 Å². The summed E-state index contributed by atoms with van der Waals surface area (Å²) in [6, 6.07) is 0.574. The Morgan fingerprint density at radius 1 is 1.40 bits per heavy atom. The SMILES string of the molecule is C[Si](C)(C)CC(=O)C(Cl)Cl. The Morgan fingerprint density at radius 2 is 1.80 bits per heavy atom. The Bertz CT molecular complexity index is 128. The maximum atomic E-state index is 10.9. The lowest BCUT2D eigenvalue weighted by atomic mass is 10.5. The molecule has 0 radical (unpaired) electrons. The van der Waals surface area contributed by atoms with Crippen LogP contribution in [0.3, 0.4) is 0 Å². The quantitative estimate of drug-likeness (QED) is 0.504. The molecule has 4 heteroatoms. The zero-order valence-corrected chi connectivity index (χ0v) is 8.96. The van der Waals surface area contributed by atoms with E-state index in [9.17, 15) is 4.79 Å². The van der Waals surface area contributed by atoms with Crippen molar-refractivity contribution >= 4 is 37.1 Å². The summed E-state index contributed by atoms with van der Waals surface area (Å²) < 4.78 is 0. The molecule has 10 heavy (non-hydrogen) atoms. The van der Waals surface area contributed by atoms with Gasteiger partial charge in [0.2, 0.25) is 0 Å². The third-order valence-electron chi connectivity index (χ3n) is 0.948. The van der Waals surface area contributed by atoms with Gasteiger partial charge in [0.25, 0.3) is 0 Å². The predicted molar refractivity (Wildman–Crippen MR) is 48.7 cm³/mol. The zero-order valence-electron chi connectivity index (χ0n) is 6.45. The van der Waals surface area contributed by atoms with E-state index in [1.807, 2.05) is 0 Å². The fraction of sp³-hybridized carbons (Fsp3) is 0.833. The van der Waals surface area contributed by atoms with Crippen LogP contribution in [-0.2, 0) is 4.79 Å². The summed E-state index contributed by atoms with van der Waals surface area (Å²) >= 11 is 10.7. The monoisotopic (exact) mass is 198 g/mol. The van der Waals surface area contributed by atoms with Crippen LogP contribution in [0.4, 0.5) is 0 Å². The maximum absolute atomic E-state index is 10.9. The van der Waals surface area contributed by atoms with Gasteiger partial charge < -0.3 is 0 Å². The van der Waals surface area contributed by atoms with Crippen molar-refractivity contribution in [3.05, 3.63) is 0 Å². The van der Waals surface area contributed by atoms with Crippen LogP contribution in [0.5, 0.6) is 0 Å². The minimum Gasteiger partial charge on any atom is -0.297 e. The third kappa shape index (κ3) is 5.27. The highest BCUT2D eigenvalue weighted by Gasteiger charge is 2.21. The number of ketones is 1. The fourth-order valence-corrected chi connectivity index (χ4v) is 2.26. The number of Topliss-reactive ketones (excluding diaryl/α,β-unsaturated/α-hetero) is 1. The molecule has 0 fully saturated rings. The average Bonchev–Trinajstić information content (AvgIpc) is 1.60. The molecule has 0 amide bonds. The van der Waals surface area contributed by atoms with Gasteiger partial charge in [-0.2, -0.15) is 0 Å². The smallest absolute Gasteiger partial charge is 0.165 e. The second-order valence-corrected chi connectivity index (χ2v) is 10.1. The van der Waals surface area contributed by atoms with Crippen molar-refractivity contribution in [3.8, 4) is 0 Å². The van der Waals surface area contributed by atoms with Gasteiger partial charge in [-0.25, -0.2) is 0 Å². The van der Waals surface area contributed by atoms with E-state index in [0.717, 1.165) is 0 Å². The van der Waals surface area contributed by atoms with Gasteiger partial charge in [-0.1, -0.05) is 42.8 Å². The summed E-state index contributed by atoms with van der Waals surface area (Å²) in [5.74, 6) is -0.0394. The van der Waals surface area contributed by atoms with Crippen LogP contribution in [0.15, 0.2) is 0 Å². The van der Waals surface area contributed by atoms with Gasteiger partial charge in [-0.3, -0.25) is 4.79 Å². The Hall–Kier alpha value is 0.467. The van der Waals surface area contributed by atoms with E-state index < -0.39 is 12.9 Å². The van der Waals surface area contributed by atoms with Crippen molar-refractivity contribution in [2.24, 2.45) is 0 Å². The average molecular weight is 199 g/mol. The molecule has 0 aromatic carbocycles. The Balaban J connectivity index is 3.81. The summed E-state index contributed by atoms with van der Waals surface area (Å²) in [6.07, 6.45) is 0. The molecule has 0 rings (SSSR count). The number of carbonyl (C=O) groups is 1. The van der Waals surface area contributed by atoms with Crippen LogP contribution in [0.2, 0.25) is 25.7 Å². The number of halogens is 2. The molecule has 0 unspecified atom stereocenters. The van der Waals surface area contributed by atoms with Gasteiger partial charge >= 0.3 is 0 Å². The first-order chi connectivity index (χ1) is 4.33. The zero-order chi connectivity index (χ0) is 8.36. The molecule has 0 heterocycles. The normalized spacial score (nSPS) is 12.2. The molecule has 0 aliphatic carbocycles. The van der Waals surface area contributed by atoms with Gasteiger partial charge in [0.05, 0.1) is 8.07 Å². The van der Waals surface area contributed by atoms with Crippen LogP contribution in [0, 0.1) is 0 Å². The molecular formula is C6H12Cl2OSi. The molecule has 0 atom stereocenters. The number of carbonyl (C=O) groups excluding carboxylic acids is 1. The van der Waals surface area contributed by atoms with Gasteiger partial charge in [0.1, 0.15) is 0 Å². The topological polar surface area (TPSA) is 17.1 Å². The summed E-state index contributed by atoms with van der Waals surface area (Å²) in [5, 5.41) is 0. The molecule has 0 aromatic rings. The molecule has 0 aromatic heterocycles. The minimum atomic E-state index is -1.30. The minimum absolute atomic E-state index is 0.0394. The lowest BCUT2D eigenvalue weighted by Crippen LogP contribution is -2.26. The van der Waals surface area contributed by atoms with Gasteiger partial charge in [0, 0.05) is 6.04 Å². The lowest BCUT2D eigenvalue weighted by molar-refractivity contribution is -0.115. The first-order valence-electron chi connectivity index (χ1n) is 3.14. The van der Waals surface area contributed by atoms with E-state index in [-0.39, 0.29) is 5.78 Å². The van der Waals surface area contributed by atoms with Crippen LogP contribution in [0.1, 0.15) is 0 Å². The summed E-state index contributed by atoms with van der Waals surface area (Å²) in [4.78, 5) is 10.1. The number of hydrogen-bond donors (Lipinski definition) is 0. The van der Waals surface area contributed by atoms with E-state index in [1.165, 1.54) is 0 Å². The fourth-order valence-electron chi connectivity index (χ4n) is 0.600. The number of hydrogen-bond acceptors (Lipinski definition) is 1. The van der Waals surface area contributed by atoms with Crippen molar-refractivity contribution in [1.29, 1.82) is 0 Å². The Kier molecular flexibility index (Phi) is 3.92. The molecule has 0 saturated heterocycles. The van der Waals surface area contributed by atoms with E-state index in [4.69, 9.17) is 23.2 Å². The number of rotatable bonds is 3. The lowest BCUT2D eigenvalue weighted by Gasteiger charge is -2.14. The second-order valence-electron chi connectivity index (χ2n) is 3.50. The molecule has 0 aliphatic rings. The first-order valence-corrected chi connectivity index (χ1v) is 7.72. The molecule has 0 aliphatic heterocycles. The standard InChI is InChI=1S/C6H12Cl2OSi/c1-10(2,3)4-5(9)6(7)8/h6H,4H2,1-3H3. The van der Waals surface area contributed by atoms with Gasteiger partial charge in [0.15, 0.2) is 10.6 Å². The highest BCUT2D eigenvalue weighted by atomic mass is 35.5. The summed E-state index contributed by atoms with van der Waals surface area (Å²) in [5.41, 5.74) is 0. The van der Waals surface area contributed by atoms with Gasteiger partial charge in [-0.15, -0.1) is 0 Å². The summed E-state index contributed by atoms with van der Waals surface area (Å²) in [7, 11) is -1.30. The molecule has 0 N–H and O–H groups in total. The van der Waals surface area contributed by atoms with Crippen molar-refractivity contribution in [3.63, 3.8) is 0 Å². The first kappa shape index (κ1) is 10.5. The Morgan fingerprint density at radius 3 is 1.90 bits per heavy atom. The maximum Gasteiger partial charge on any atom is 0.165 e. The predicted octanol–water partition coefficient (Wildman–Crippen LogP) is 2.70. The molecular weight excluding hydrogens is 187 g/mol. The summed E-state index contributed by atoms with van der Waals surface area (Å²) in [6.45, 7) is 6.34. The molecule has 60 valence electrons. The molecule has 1 nitrogen and oxygen atoms in total. The van der Waals surface area contributed by atoms with E-state index in [2.05, 4.69) is 19.6 Å². The number of alkyl halides is 2. The Labute approximate surface area is 72.7 Å². The van der Waals surface area contributed by atoms with Crippen molar-refractivity contribution in [1.82, 2.24) is 0 Å². The van der Waals surface area contributed by atoms with Crippen LogP contribution in [-0.4, -0.2) is 18.7 Å². The highest BCUT2D eigenvalue weighted by Crippen LogP contribution is 2.14. The highest BCUT2D eigenvalue weighted by molar-refractivity contribution is 6.80. The van der Waals surface area contributed by atoms with Gasteiger partial charge in [-0.05, 0) is 0 Å². The van der Waals surface area contributed by atoms with Crippen LogP contribution >= 0.6 is 23.2 Å². The van der Waals surface area contributed by atoms with Crippen LogP contribution in [0.25, 0.3) is 0 Å². The van der Waals surface area contributed by atoms with Crippen molar-refractivity contribution in [2.75, 3.05) is 0 Å². The van der Waals surface area contributed by atoms with E-state index in [0.29, 0.717) is 6.04 Å². The molecule has 0 spiro atoms. The van der Waals surface area contributed by atoms with Crippen molar-refractivity contribution < 1.29 is 4.79 Å². The third-order valence-corrected chi connectivity index (χ3v) is 2.84. The van der Waals surface area contributed by atoms with Crippen LogP contribution < -0.4 is 0 Å². The molecule has 0 saturated carbocycles. The molecule has 0 bridgehead atoms. The largest absolute Gasteiger partial charge is 0.297 e. The second kappa shape index (κ2) is 3.74. The van der Waals surface area contributed by atoms with E-state index in [1.54, 1.807) is 0 Å². The van der Waals surface area contributed by atoms with E-state index >= 15 is 0 Å².